The zero-order valence-electron chi connectivity index (χ0n) is 14.3. The first kappa shape index (κ1) is 14.5. The molecule has 24 heavy (non-hydrogen) atoms. The van der Waals surface area contributed by atoms with Crippen LogP contribution in [0, 0.1) is 5.41 Å². The molecule has 1 aromatic carbocycles. The maximum absolute atomic E-state index is 6.11. The van der Waals surface area contributed by atoms with Crippen LogP contribution in [0.15, 0.2) is 58.9 Å². The Kier molecular flexibility index (Phi) is 2.81. The van der Waals surface area contributed by atoms with Crippen LogP contribution in [0.5, 0.6) is 5.75 Å². The van der Waals surface area contributed by atoms with Gasteiger partial charge in [-0.05, 0) is 34.6 Å². The van der Waals surface area contributed by atoms with Crippen molar-refractivity contribution >= 4 is 15.1 Å². The summed E-state index contributed by atoms with van der Waals surface area (Å²) in [6.07, 6.45) is 11.4. The second-order valence-corrected chi connectivity index (χ2v) is 8.53. The van der Waals surface area contributed by atoms with Gasteiger partial charge in [0.1, 0.15) is 11.5 Å². The van der Waals surface area contributed by atoms with E-state index in [-0.39, 0.29) is 19.9 Å². The molecular weight excluding hydrogens is 315 g/mol. The maximum Gasteiger partial charge on any atom is 0.275 e. The van der Waals surface area contributed by atoms with Gasteiger partial charge in [0, 0.05) is 17.6 Å². The summed E-state index contributed by atoms with van der Waals surface area (Å²) in [5.74, 6) is 2.08. The molecule has 0 amide bonds. The molecule has 0 radical (unpaired) electrons. The lowest BCUT2D eigenvalue weighted by Gasteiger charge is -2.40. The van der Waals surface area contributed by atoms with Crippen LogP contribution < -0.4 is 4.52 Å². The Bertz CT molecular complexity index is 880. The molecule has 1 heterocycles. The average molecular weight is 336 g/mol. The minimum Gasteiger partial charge on any atom is -0.445 e. The fourth-order valence-corrected chi connectivity index (χ4v) is 5.29. The summed E-state index contributed by atoms with van der Waals surface area (Å²) in [6.45, 7) is 6.92. The highest BCUT2D eigenvalue weighted by Gasteiger charge is 2.53. The zero-order chi connectivity index (χ0) is 16.5. The lowest BCUT2D eigenvalue weighted by molar-refractivity contribution is 0.374. The van der Waals surface area contributed by atoms with E-state index < -0.39 is 0 Å². The molecule has 2 atom stereocenters. The minimum atomic E-state index is -0.226. The van der Waals surface area contributed by atoms with E-state index in [1.165, 1.54) is 27.8 Å². The van der Waals surface area contributed by atoms with Gasteiger partial charge in [0.15, 0.2) is 0 Å². The van der Waals surface area contributed by atoms with E-state index in [0.29, 0.717) is 0 Å². The van der Waals surface area contributed by atoms with Gasteiger partial charge in [-0.25, -0.2) is 0 Å². The fraction of sp³-hybridized carbons (Fsp3) is 0.333. The number of allylic oxidation sites excluding steroid dienone is 7. The predicted octanol–water partition coefficient (Wildman–Crippen LogP) is 5.83. The number of benzene rings is 1. The molecule has 0 N–H and O–H groups in total. The van der Waals surface area contributed by atoms with Gasteiger partial charge >= 0.3 is 0 Å². The fourth-order valence-electron chi connectivity index (χ4n) is 4.68. The number of hydrogen-bond donors (Lipinski definition) is 0. The largest absolute Gasteiger partial charge is 0.445 e. The van der Waals surface area contributed by atoms with Crippen molar-refractivity contribution in [2.75, 3.05) is 0 Å². The summed E-state index contributed by atoms with van der Waals surface area (Å²) in [5.41, 5.74) is 6.55. The second kappa shape index (κ2) is 4.64. The van der Waals surface area contributed by atoms with Crippen LogP contribution in [0.4, 0.5) is 0 Å². The lowest BCUT2D eigenvalue weighted by atomic mass is 9.64. The van der Waals surface area contributed by atoms with E-state index >= 15 is 0 Å². The molecule has 0 bridgehead atoms. The Balaban J connectivity index is 1.91. The molecule has 1 aromatic rings. The molecule has 2 nitrogen and oxygen atoms in total. The normalized spacial score (nSPS) is 27.6. The van der Waals surface area contributed by atoms with Gasteiger partial charge in [-0.1, -0.05) is 57.2 Å². The smallest absolute Gasteiger partial charge is 0.275 e. The number of rotatable bonds is 0. The van der Waals surface area contributed by atoms with Crippen molar-refractivity contribution in [3.63, 3.8) is 0 Å². The van der Waals surface area contributed by atoms with Crippen LogP contribution in [-0.2, 0) is 9.94 Å². The first-order chi connectivity index (χ1) is 11.5. The van der Waals surface area contributed by atoms with Gasteiger partial charge < -0.3 is 9.05 Å². The van der Waals surface area contributed by atoms with E-state index in [4.69, 9.17) is 9.05 Å². The molecule has 1 aliphatic heterocycles. The van der Waals surface area contributed by atoms with Crippen molar-refractivity contribution in [3.8, 4) is 5.75 Å². The first-order valence-corrected chi connectivity index (χ1v) is 9.42. The van der Waals surface area contributed by atoms with Crippen molar-refractivity contribution in [1.82, 2.24) is 0 Å². The molecule has 5 rings (SSSR count). The molecule has 1 spiro atoms. The number of hydrogen-bond acceptors (Lipinski definition) is 2. The minimum absolute atomic E-state index is 0.0278. The van der Waals surface area contributed by atoms with Gasteiger partial charge in [0.05, 0.1) is 5.41 Å². The standard InChI is InChI=1S/C21H21O2P/c1-20(2,3)17-12-14-7-5-9-16-19(14)21(17)11-10-13-6-4-8-15(18(13)21)22-24-23-16/h5-7,9-12,24H,4,8H2,1-3H3/t21-/m0/s1. The predicted molar refractivity (Wildman–Crippen MR) is 99.1 cm³/mol. The van der Waals surface area contributed by atoms with Gasteiger partial charge in [-0.3, -0.25) is 0 Å². The highest BCUT2D eigenvalue weighted by atomic mass is 31.1. The zero-order valence-corrected chi connectivity index (χ0v) is 15.3. The van der Waals surface area contributed by atoms with E-state index in [9.17, 15) is 0 Å². The monoisotopic (exact) mass is 336 g/mol. The highest BCUT2D eigenvalue weighted by molar-refractivity contribution is 7.26. The highest BCUT2D eigenvalue weighted by Crippen LogP contribution is 2.63. The molecular formula is C21H21O2P. The summed E-state index contributed by atoms with van der Waals surface area (Å²) in [5, 5.41) is 0. The summed E-state index contributed by atoms with van der Waals surface area (Å²) in [4.78, 5) is 0. The SMILES string of the molecule is CC(C)(C)C1=Cc2cccc3c2[C@@]12C=CC1=CCCC(=C12)OPO3. The Morgan fingerprint density at radius 2 is 2.04 bits per heavy atom. The topological polar surface area (TPSA) is 18.5 Å². The molecule has 0 saturated heterocycles. The maximum atomic E-state index is 6.11. The van der Waals surface area contributed by atoms with Crippen molar-refractivity contribution in [2.24, 2.45) is 5.41 Å². The van der Waals surface area contributed by atoms with Gasteiger partial charge in [-0.2, -0.15) is 0 Å². The quantitative estimate of drug-likeness (QED) is 0.555. The van der Waals surface area contributed by atoms with Crippen molar-refractivity contribution < 1.29 is 9.05 Å². The molecule has 0 fully saturated rings. The van der Waals surface area contributed by atoms with Crippen molar-refractivity contribution in [1.29, 1.82) is 0 Å². The van der Waals surface area contributed by atoms with E-state index in [1.807, 2.05) is 0 Å². The average Bonchev–Trinajstić information content (AvgIpc) is 3.07. The van der Waals surface area contributed by atoms with Gasteiger partial charge in [-0.15, -0.1) is 0 Å². The Labute approximate surface area is 144 Å². The van der Waals surface area contributed by atoms with Crippen LogP contribution in [0.1, 0.15) is 44.7 Å². The van der Waals surface area contributed by atoms with E-state index in [0.717, 1.165) is 24.4 Å². The Morgan fingerprint density at radius 1 is 1.17 bits per heavy atom. The van der Waals surface area contributed by atoms with Crippen LogP contribution in [0.25, 0.3) is 6.08 Å². The van der Waals surface area contributed by atoms with Crippen LogP contribution in [0.2, 0.25) is 0 Å². The summed E-state index contributed by atoms with van der Waals surface area (Å²) >= 11 is 0. The van der Waals surface area contributed by atoms with Crippen molar-refractivity contribution in [3.05, 3.63) is 70.0 Å². The van der Waals surface area contributed by atoms with Crippen LogP contribution >= 0.6 is 9.03 Å². The van der Waals surface area contributed by atoms with Gasteiger partial charge in [0.2, 0.25) is 0 Å². The van der Waals surface area contributed by atoms with Gasteiger partial charge in [0.25, 0.3) is 9.03 Å². The van der Waals surface area contributed by atoms with Crippen molar-refractivity contribution in [2.45, 2.75) is 39.0 Å². The second-order valence-electron chi connectivity index (χ2n) is 7.95. The lowest BCUT2D eigenvalue weighted by Crippen LogP contribution is -2.33. The molecule has 122 valence electrons. The van der Waals surface area contributed by atoms with Crippen LogP contribution in [0.3, 0.4) is 0 Å². The molecule has 1 unspecified atom stereocenters. The Hall–Kier alpha value is -1.79. The summed E-state index contributed by atoms with van der Waals surface area (Å²) in [6, 6.07) is 6.38. The molecule has 3 aliphatic carbocycles. The van der Waals surface area contributed by atoms with Crippen LogP contribution in [-0.4, -0.2) is 0 Å². The third-order valence-corrected chi connectivity index (χ3v) is 6.15. The Morgan fingerprint density at radius 3 is 2.88 bits per heavy atom. The molecule has 3 heteroatoms. The molecule has 0 saturated carbocycles. The summed E-state index contributed by atoms with van der Waals surface area (Å²) in [7, 11) is 0.0278. The third-order valence-electron chi connectivity index (χ3n) is 5.51. The molecule has 4 aliphatic rings. The van der Waals surface area contributed by atoms with E-state index in [2.05, 4.69) is 63.3 Å². The molecule has 0 aromatic heterocycles. The van der Waals surface area contributed by atoms with E-state index in [1.54, 1.807) is 0 Å². The first-order valence-electron chi connectivity index (χ1n) is 8.60. The third kappa shape index (κ3) is 1.70. The summed E-state index contributed by atoms with van der Waals surface area (Å²) < 4.78 is 12.2.